The van der Waals surface area contributed by atoms with Crippen LogP contribution in [0.2, 0.25) is 0 Å². The lowest BCUT2D eigenvalue weighted by molar-refractivity contribution is -0.138. The number of carbonyl (C=O) groups excluding carboxylic acids is 1. The molecular weight excluding hydrogens is 364 g/mol. The molecule has 2 rings (SSSR count). The van der Waals surface area contributed by atoms with Crippen LogP contribution in [0.25, 0.3) is 11.1 Å². The number of carboxylic acid groups (broad SMARTS) is 1. The first kappa shape index (κ1) is 20.6. The van der Waals surface area contributed by atoms with Gasteiger partial charge in [-0.05, 0) is 37.6 Å². The van der Waals surface area contributed by atoms with Crippen LogP contribution in [0.15, 0.2) is 64.1 Å². The predicted molar refractivity (Wildman–Crippen MR) is 102 cm³/mol. The van der Waals surface area contributed by atoms with Crippen LogP contribution in [0.4, 0.5) is 5.69 Å². The van der Waals surface area contributed by atoms with E-state index in [-0.39, 0.29) is 23.6 Å². The van der Waals surface area contributed by atoms with Gasteiger partial charge in [0.1, 0.15) is 11.4 Å². The van der Waals surface area contributed by atoms with Crippen LogP contribution in [0.3, 0.4) is 0 Å². The smallest absolute Gasteiger partial charge is 0.362 e. The first-order chi connectivity index (χ1) is 13.4. The van der Waals surface area contributed by atoms with Gasteiger partial charge in [0.2, 0.25) is 5.70 Å². The maximum atomic E-state index is 11.9. The summed E-state index contributed by atoms with van der Waals surface area (Å²) in [6.07, 6.45) is 0. The summed E-state index contributed by atoms with van der Waals surface area (Å²) in [5.74, 6) is -1.83. The molecule has 0 spiro atoms. The van der Waals surface area contributed by atoms with E-state index in [4.69, 9.17) is 9.47 Å². The zero-order valence-electron chi connectivity index (χ0n) is 15.7. The number of ether oxygens (including phenoxy) is 2. The molecule has 0 saturated carbocycles. The van der Waals surface area contributed by atoms with Gasteiger partial charge in [0.15, 0.2) is 5.75 Å². The van der Waals surface area contributed by atoms with Crippen LogP contribution in [-0.4, -0.2) is 35.9 Å². The molecule has 2 aromatic carbocycles. The van der Waals surface area contributed by atoms with E-state index in [2.05, 4.69) is 10.2 Å². The molecule has 0 aliphatic rings. The lowest BCUT2D eigenvalue weighted by Gasteiger charge is -2.11. The molecule has 2 aromatic rings. The largest absolute Gasteiger partial charge is 0.510 e. The minimum absolute atomic E-state index is 0.129. The molecule has 0 amide bonds. The molecule has 0 aliphatic carbocycles. The van der Waals surface area contributed by atoms with E-state index in [1.54, 1.807) is 37.3 Å². The lowest BCUT2D eigenvalue weighted by Crippen LogP contribution is -2.07. The van der Waals surface area contributed by atoms with Crippen LogP contribution in [-0.2, 0) is 9.53 Å². The fraction of sp³-hybridized carbons (Fsp3) is 0.200. The molecule has 0 fully saturated rings. The van der Waals surface area contributed by atoms with E-state index in [1.807, 2.05) is 0 Å². The van der Waals surface area contributed by atoms with E-state index in [0.717, 1.165) is 0 Å². The van der Waals surface area contributed by atoms with Gasteiger partial charge in [-0.1, -0.05) is 24.3 Å². The number of aliphatic hydroxyl groups is 1. The SMILES string of the molecule is CCOC(=O)/C(N=Nc1cccc(-c2cccc(C(=O)O)c2)c1OC)=C(\C)O. The number of carbonyl (C=O) groups is 2. The van der Waals surface area contributed by atoms with Crippen molar-refractivity contribution in [3.63, 3.8) is 0 Å². The average molecular weight is 384 g/mol. The van der Waals surface area contributed by atoms with Gasteiger partial charge in [-0.25, -0.2) is 9.59 Å². The second-order valence-corrected chi connectivity index (χ2v) is 5.60. The minimum atomic E-state index is -1.04. The van der Waals surface area contributed by atoms with Crippen molar-refractivity contribution in [2.75, 3.05) is 13.7 Å². The first-order valence-electron chi connectivity index (χ1n) is 8.38. The van der Waals surface area contributed by atoms with Crippen LogP contribution in [0, 0.1) is 0 Å². The monoisotopic (exact) mass is 384 g/mol. The minimum Gasteiger partial charge on any atom is -0.510 e. The van der Waals surface area contributed by atoms with Crippen LogP contribution < -0.4 is 4.74 Å². The average Bonchev–Trinajstić information content (AvgIpc) is 2.67. The third-order valence-electron chi connectivity index (χ3n) is 3.69. The molecule has 0 heterocycles. The molecule has 0 saturated heterocycles. The van der Waals surface area contributed by atoms with Crippen molar-refractivity contribution in [1.82, 2.24) is 0 Å². The van der Waals surface area contributed by atoms with E-state index in [0.29, 0.717) is 22.6 Å². The Labute approximate surface area is 161 Å². The fourth-order valence-electron chi connectivity index (χ4n) is 2.43. The summed E-state index contributed by atoms with van der Waals surface area (Å²) in [5, 5.41) is 26.7. The summed E-state index contributed by atoms with van der Waals surface area (Å²) in [5.41, 5.74) is 1.33. The van der Waals surface area contributed by atoms with Crippen molar-refractivity contribution >= 4 is 17.6 Å². The van der Waals surface area contributed by atoms with Gasteiger partial charge in [-0.3, -0.25) is 0 Å². The predicted octanol–water partition coefficient (Wildman–Crippen LogP) is 4.50. The molecule has 8 nitrogen and oxygen atoms in total. The van der Waals surface area contributed by atoms with E-state index in [1.165, 1.54) is 26.2 Å². The Kier molecular flexibility index (Phi) is 6.86. The highest BCUT2D eigenvalue weighted by Gasteiger charge is 2.16. The standard InChI is InChI=1S/C20H20N2O6/c1-4-28-20(26)17(12(2)23)22-21-16-10-6-9-15(18(16)27-3)13-7-5-8-14(11-13)19(24)25/h5-11,23H,4H2,1-3H3,(H,24,25)/b17-12-,22-21?. The molecule has 0 atom stereocenters. The second-order valence-electron chi connectivity index (χ2n) is 5.60. The molecule has 0 aliphatic heterocycles. The van der Waals surface area contributed by atoms with Crippen molar-refractivity contribution < 1.29 is 29.3 Å². The molecule has 8 heteroatoms. The summed E-state index contributed by atoms with van der Waals surface area (Å²) in [7, 11) is 1.44. The van der Waals surface area contributed by atoms with Crippen LogP contribution in [0.5, 0.6) is 5.75 Å². The number of aliphatic hydroxyl groups excluding tert-OH is 1. The Hall–Kier alpha value is -3.68. The highest BCUT2D eigenvalue weighted by molar-refractivity contribution is 5.90. The van der Waals surface area contributed by atoms with Gasteiger partial charge in [0.25, 0.3) is 0 Å². The number of hydrogen-bond acceptors (Lipinski definition) is 7. The summed E-state index contributed by atoms with van der Waals surface area (Å²) in [4.78, 5) is 23.1. The molecule has 28 heavy (non-hydrogen) atoms. The van der Waals surface area contributed by atoms with Crippen LogP contribution >= 0.6 is 0 Å². The topological polar surface area (TPSA) is 118 Å². The summed E-state index contributed by atoms with van der Waals surface area (Å²) in [6.45, 7) is 3.07. The molecule has 0 radical (unpaired) electrons. The van der Waals surface area contributed by atoms with Crippen molar-refractivity contribution in [3.8, 4) is 16.9 Å². The zero-order valence-corrected chi connectivity index (χ0v) is 15.7. The Morgan fingerprint density at radius 3 is 2.43 bits per heavy atom. The molecule has 146 valence electrons. The number of aromatic carboxylic acids is 1. The molecule has 0 bridgehead atoms. The lowest BCUT2D eigenvalue weighted by atomic mass is 10.0. The van der Waals surface area contributed by atoms with Gasteiger partial charge in [0.05, 0.1) is 19.3 Å². The number of para-hydroxylation sites is 1. The first-order valence-corrected chi connectivity index (χ1v) is 8.38. The second kappa shape index (κ2) is 9.31. The summed E-state index contributed by atoms with van der Waals surface area (Å²) < 4.78 is 10.3. The number of esters is 1. The molecule has 2 N–H and O–H groups in total. The maximum Gasteiger partial charge on any atom is 0.362 e. The molecule has 0 aromatic heterocycles. The third-order valence-corrected chi connectivity index (χ3v) is 3.69. The van der Waals surface area contributed by atoms with Crippen molar-refractivity contribution in [2.45, 2.75) is 13.8 Å². The summed E-state index contributed by atoms with van der Waals surface area (Å²) in [6, 6.07) is 11.4. The van der Waals surface area contributed by atoms with E-state index in [9.17, 15) is 19.8 Å². The van der Waals surface area contributed by atoms with Crippen molar-refractivity contribution in [2.24, 2.45) is 10.2 Å². The normalized spacial score (nSPS) is 11.8. The van der Waals surface area contributed by atoms with Crippen molar-refractivity contribution in [1.29, 1.82) is 0 Å². The van der Waals surface area contributed by atoms with E-state index >= 15 is 0 Å². The van der Waals surface area contributed by atoms with Gasteiger partial charge >= 0.3 is 11.9 Å². The Morgan fingerprint density at radius 2 is 1.82 bits per heavy atom. The van der Waals surface area contributed by atoms with Gasteiger partial charge in [-0.15, -0.1) is 10.2 Å². The summed E-state index contributed by atoms with van der Waals surface area (Å²) >= 11 is 0. The Bertz CT molecular complexity index is 945. The number of rotatable bonds is 7. The van der Waals surface area contributed by atoms with Crippen molar-refractivity contribution in [3.05, 3.63) is 59.5 Å². The number of methoxy groups -OCH3 is 1. The van der Waals surface area contributed by atoms with E-state index < -0.39 is 11.9 Å². The van der Waals surface area contributed by atoms with Gasteiger partial charge in [0, 0.05) is 5.56 Å². The Balaban J connectivity index is 2.49. The Morgan fingerprint density at radius 1 is 1.11 bits per heavy atom. The highest BCUT2D eigenvalue weighted by atomic mass is 16.5. The molecular formula is C20H20N2O6. The highest BCUT2D eigenvalue weighted by Crippen LogP contribution is 2.38. The maximum absolute atomic E-state index is 11.9. The number of hydrogen-bond donors (Lipinski definition) is 2. The fourth-order valence-corrected chi connectivity index (χ4v) is 2.43. The molecule has 0 unspecified atom stereocenters. The van der Waals surface area contributed by atoms with Gasteiger partial charge < -0.3 is 19.7 Å². The number of allylic oxidation sites excluding steroid dienone is 1. The zero-order chi connectivity index (χ0) is 20.7. The number of nitrogens with zero attached hydrogens (tertiary/aromatic N) is 2. The van der Waals surface area contributed by atoms with Gasteiger partial charge in [-0.2, -0.15) is 0 Å². The van der Waals surface area contributed by atoms with Crippen LogP contribution in [0.1, 0.15) is 24.2 Å². The third kappa shape index (κ3) is 4.73. The quantitative estimate of drug-likeness (QED) is 0.314. The number of benzene rings is 2. The number of carboxylic acids is 1. The number of azo groups is 1.